The predicted molar refractivity (Wildman–Crippen MR) is 80.8 cm³/mol. The van der Waals surface area contributed by atoms with E-state index in [0.29, 0.717) is 18.4 Å². The fourth-order valence-electron chi connectivity index (χ4n) is 2.53. The molecule has 1 aliphatic carbocycles. The Balaban J connectivity index is 1.98. The predicted octanol–water partition coefficient (Wildman–Crippen LogP) is 1.81. The molecule has 0 fully saturated rings. The van der Waals surface area contributed by atoms with E-state index in [4.69, 9.17) is 5.26 Å². The number of aromatic nitrogens is 3. The van der Waals surface area contributed by atoms with Crippen LogP contribution in [0.3, 0.4) is 0 Å². The lowest BCUT2D eigenvalue weighted by atomic mass is 9.96. The van der Waals surface area contributed by atoms with Gasteiger partial charge in [0, 0.05) is 13.1 Å². The third-order valence-electron chi connectivity index (χ3n) is 3.44. The van der Waals surface area contributed by atoms with Gasteiger partial charge in [0.25, 0.3) is 0 Å². The van der Waals surface area contributed by atoms with Crippen molar-refractivity contribution in [3.63, 3.8) is 0 Å². The molecule has 0 amide bonds. The number of nitrogens with one attached hydrogen (secondary N) is 1. The van der Waals surface area contributed by atoms with Gasteiger partial charge < -0.3 is 10.2 Å². The van der Waals surface area contributed by atoms with Crippen molar-refractivity contribution in [3.05, 3.63) is 41.8 Å². The zero-order valence-electron chi connectivity index (χ0n) is 11.8. The molecule has 1 aromatic heterocycles. The van der Waals surface area contributed by atoms with Crippen LogP contribution in [0.25, 0.3) is 0 Å². The van der Waals surface area contributed by atoms with E-state index in [1.165, 1.54) is 5.57 Å². The summed E-state index contributed by atoms with van der Waals surface area (Å²) in [5.41, 5.74) is 1.24. The molecule has 1 aromatic rings. The summed E-state index contributed by atoms with van der Waals surface area (Å²) in [5, 5.41) is 12.1. The minimum absolute atomic E-state index is 0.132. The van der Waals surface area contributed by atoms with Gasteiger partial charge in [-0.2, -0.15) is 20.2 Å². The molecule has 21 heavy (non-hydrogen) atoms. The Kier molecular flexibility index (Phi) is 3.65. The third-order valence-corrected chi connectivity index (χ3v) is 3.44. The first-order chi connectivity index (χ1) is 10.3. The van der Waals surface area contributed by atoms with Crippen molar-refractivity contribution in [1.82, 2.24) is 15.0 Å². The van der Waals surface area contributed by atoms with Crippen LogP contribution < -0.4 is 10.2 Å². The van der Waals surface area contributed by atoms with Crippen LogP contribution in [0.15, 0.2) is 36.0 Å². The standard InChI is InChI=1S/C15H16N6/c1-2-17-14-18-13(10-16)19-15(20-14)21-9-5-7-11-6-3-4-8-12(11)21/h3-4,6-8,12H,2,5,9H2,1H3,(H,17,18,19,20). The summed E-state index contributed by atoms with van der Waals surface area (Å²) < 4.78 is 0. The van der Waals surface area contributed by atoms with Crippen LogP contribution in [-0.4, -0.2) is 34.1 Å². The van der Waals surface area contributed by atoms with Crippen molar-refractivity contribution < 1.29 is 0 Å². The molecule has 0 radical (unpaired) electrons. The molecule has 2 heterocycles. The Bertz CT molecular complexity index is 667. The maximum absolute atomic E-state index is 9.10. The van der Waals surface area contributed by atoms with Crippen LogP contribution in [0.4, 0.5) is 11.9 Å². The van der Waals surface area contributed by atoms with Crippen LogP contribution in [0.2, 0.25) is 0 Å². The van der Waals surface area contributed by atoms with Crippen molar-refractivity contribution in [2.45, 2.75) is 19.4 Å². The molecule has 2 aliphatic rings. The van der Waals surface area contributed by atoms with Crippen molar-refractivity contribution in [3.8, 4) is 6.07 Å². The minimum atomic E-state index is 0.132. The van der Waals surface area contributed by atoms with Gasteiger partial charge in [-0.05, 0) is 18.9 Å². The molecule has 0 saturated carbocycles. The van der Waals surface area contributed by atoms with Gasteiger partial charge >= 0.3 is 0 Å². The van der Waals surface area contributed by atoms with Crippen LogP contribution >= 0.6 is 0 Å². The Labute approximate surface area is 123 Å². The minimum Gasteiger partial charge on any atom is -0.354 e. The Morgan fingerprint density at radius 3 is 3.10 bits per heavy atom. The molecule has 3 rings (SSSR count). The number of anilines is 2. The molecule has 1 N–H and O–H groups in total. The number of rotatable bonds is 3. The third kappa shape index (κ3) is 2.63. The lowest BCUT2D eigenvalue weighted by Gasteiger charge is -2.34. The van der Waals surface area contributed by atoms with E-state index in [-0.39, 0.29) is 11.9 Å². The van der Waals surface area contributed by atoms with Crippen LogP contribution in [0.5, 0.6) is 0 Å². The monoisotopic (exact) mass is 280 g/mol. The van der Waals surface area contributed by atoms with Gasteiger partial charge in [-0.1, -0.05) is 30.4 Å². The number of hydrogen-bond donors (Lipinski definition) is 1. The molecule has 1 unspecified atom stereocenters. The molecule has 0 bridgehead atoms. The molecular weight excluding hydrogens is 264 g/mol. The lowest BCUT2D eigenvalue weighted by molar-refractivity contribution is 0.693. The molecule has 1 aliphatic heterocycles. The summed E-state index contributed by atoms with van der Waals surface area (Å²) in [4.78, 5) is 14.9. The lowest BCUT2D eigenvalue weighted by Crippen LogP contribution is -2.40. The number of allylic oxidation sites excluding steroid dienone is 2. The maximum Gasteiger partial charge on any atom is 0.238 e. The number of nitriles is 1. The summed E-state index contributed by atoms with van der Waals surface area (Å²) in [6, 6.07) is 2.13. The Hall–Kier alpha value is -2.68. The first kappa shape index (κ1) is 13.3. The molecular formula is C15H16N6. The second-order valence-corrected chi connectivity index (χ2v) is 4.80. The highest BCUT2D eigenvalue weighted by atomic mass is 15.3. The van der Waals surface area contributed by atoms with Gasteiger partial charge in [-0.25, -0.2) is 0 Å². The fourth-order valence-corrected chi connectivity index (χ4v) is 2.53. The largest absolute Gasteiger partial charge is 0.354 e. The van der Waals surface area contributed by atoms with Gasteiger partial charge in [0.05, 0.1) is 6.04 Å². The summed E-state index contributed by atoms with van der Waals surface area (Å²) >= 11 is 0. The molecule has 6 nitrogen and oxygen atoms in total. The van der Waals surface area contributed by atoms with Gasteiger partial charge in [-0.3, -0.25) is 0 Å². The van der Waals surface area contributed by atoms with E-state index in [0.717, 1.165) is 13.0 Å². The summed E-state index contributed by atoms with van der Waals surface area (Å²) in [7, 11) is 0. The summed E-state index contributed by atoms with van der Waals surface area (Å²) in [5.74, 6) is 1.14. The zero-order chi connectivity index (χ0) is 14.7. The molecule has 0 spiro atoms. The van der Waals surface area contributed by atoms with E-state index in [1.807, 2.05) is 25.1 Å². The van der Waals surface area contributed by atoms with Gasteiger partial charge in [-0.15, -0.1) is 0 Å². The zero-order valence-corrected chi connectivity index (χ0v) is 11.8. The van der Waals surface area contributed by atoms with E-state index < -0.39 is 0 Å². The van der Waals surface area contributed by atoms with Crippen molar-refractivity contribution in [1.29, 1.82) is 5.26 Å². The quantitative estimate of drug-likeness (QED) is 0.909. The highest BCUT2D eigenvalue weighted by Gasteiger charge is 2.26. The molecule has 0 aromatic carbocycles. The van der Waals surface area contributed by atoms with E-state index >= 15 is 0 Å². The van der Waals surface area contributed by atoms with Crippen molar-refractivity contribution in [2.75, 3.05) is 23.3 Å². The van der Waals surface area contributed by atoms with E-state index in [9.17, 15) is 0 Å². The first-order valence-corrected chi connectivity index (χ1v) is 7.03. The molecule has 106 valence electrons. The summed E-state index contributed by atoms with van der Waals surface area (Å²) in [6.07, 6.45) is 11.5. The van der Waals surface area contributed by atoms with E-state index in [2.05, 4.69) is 43.4 Å². The molecule has 6 heteroatoms. The maximum atomic E-state index is 9.10. The fraction of sp³-hybridized carbons (Fsp3) is 0.333. The number of nitrogens with zero attached hydrogens (tertiary/aromatic N) is 5. The number of hydrogen-bond acceptors (Lipinski definition) is 6. The van der Waals surface area contributed by atoms with Gasteiger partial charge in [0.1, 0.15) is 6.07 Å². The highest BCUT2D eigenvalue weighted by Crippen LogP contribution is 2.26. The Morgan fingerprint density at radius 1 is 1.38 bits per heavy atom. The summed E-state index contributed by atoms with van der Waals surface area (Å²) in [6.45, 7) is 3.49. The first-order valence-electron chi connectivity index (χ1n) is 7.03. The average molecular weight is 280 g/mol. The van der Waals surface area contributed by atoms with Gasteiger partial charge in [0.15, 0.2) is 0 Å². The van der Waals surface area contributed by atoms with Crippen molar-refractivity contribution >= 4 is 11.9 Å². The molecule has 1 atom stereocenters. The van der Waals surface area contributed by atoms with Crippen molar-refractivity contribution in [2.24, 2.45) is 0 Å². The normalized spacial score (nSPS) is 19.7. The average Bonchev–Trinajstić information content (AvgIpc) is 2.54. The molecule has 0 saturated heterocycles. The second kappa shape index (κ2) is 5.75. The van der Waals surface area contributed by atoms with E-state index in [1.54, 1.807) is 0 Å². The van der Waals surface area contributed by atoms with Crippen LogP contribution in [0, 0.1) is 11.3 Å². The van der Waals surface area contributed by atoms with Crippen LogP contribution in [-0.2, 0) is 0 Å². The SMILES string of the molecule is CCNc1nc(C#N)nc(N2CCC=C3C=CC=CC32)n1. The highest BCUT2D eigenvalue weighted by molar-refractivity contribution is 5.50. The number of fused-ring (bicyclic) bond motifs is 1. The van der Waals surface area contributed by atoms with Crippen LogP contribution in [0.1, 0.15) is 19.2 Å². The second-order valence-electron chi connectivity index (χ2n) is 4.80. The Morgan fingerprint density at radius 2 is 2.29 bits per heavy atom. The topological polar surface area (TPSA) is 77.7 Å². The smallest absolute Gasteiger partial charge is 0.238 e. The van der Waals surface area contributed by atoms with Gasteiger partial charge in [0.2, 0.25) is 17.7 Å².